The molecular formula is C13H13F2NS. The maximum Gasteiger partial charge on any atom is 0.126 e. The Labute approximate surface area is 103 Å². The van der Waals surface area contributed by atoms with Gasteiger partial charge in [0.05, 0.1) is 0 Å². The summed E-state index contributed by atoms with van der Waals surface area (Å²) in [5, 5.41) is 1.95. The Hall–Kier alpha value is -1.26. The lowest BCUT2D eigenvalue weighted by Gasteiger charge is -2.12. The summed E-state index contributed by atoms with van der Waals surface area (Å²) in [6.07, 6.45) is 0.310. The second-order valence-electron chi connectivity index (χ2n) is 4.01. The van der Waals surface area contributed by atoms with Gasteiger partial charge in [-0.25, -0.2) is 8.78 Å². The van der Waals surface area contributed by atoms with Crippen molar-refractivity contribution < 1.29 is 8.78 Å². The van der Waals surface area contributed by atoms with Crippen LogP contribution in [0.1, 0.15) is 22.0 Å². The Morgan fingerprint density at radius 1 is 1.29 bits per heavy atom. The Balaban J connectivity index is 2.21. The number of hydrogen-bond acceptors (Lipinski definition) is 2. The number of aryl methyl sites for hydroxylation is 1. The topological polar surface area (TPSA) is 26.0 Å². The highest BCUT2D eigenvalue weighted by Gasteiger charge is 2.14. The van der Waals surface area contributed by atoms with E-state index >= 15 is 0 Å². The molecule has 0 aliphatic heterocycles. The molecule has 1 nitrogen and oxygen atoms in total. The van der Waals surface area contributed by atoms with E-state index in [1.807, 2.05) is 18.4 Å². The minimum atomic E-state index is -0.434. The fourth-order valence-corrected chi connectivity index (χ4v) is 2.72. The van der Waals surface area contributed by atoms with Crippen LogP contribution in [-0.4, -0.2) is 0 Å². The molecule has 1 aromatic carbocycles. The lowest BCUT2D eigenvalue weighted by atomic mass is 10.0. The highest BCUT2D eigenvalue weighted by Crippen LogP contribution is 2.25. The second-order valence-corrected chi connectivity index (χ2v) is 4.96. The van der Waals surface area contributed by atoms with Crippen LogP contribution in [0.25, 0.3) is 0 Å². The molecule has 1 unspecified atom stereocenters. The summed E-state index contributed by atoms with van der Waals surface area (Å²) in [4.78, 5) is 1.02. The first kappa shape index (κ1) is 12.2. The Morgan fingerprint density at radius 2 is 2.06 bits per heavy atom. The summed E-state index contributed by atoms with van der Waals surface area (Å²) in [7, 11) is 0. The molecule has 0 aliphatic carbocycles. The zero-order chi connectivity index (χ0) is 12.4. The van der Waals surface area contributed by atoms with Crippen molar-refractivity contribution in [3.8, 4) is 0 Å². The zero-order valence-corrected chi connectivity index (χ0v) is 10.2. The normalized spacial score (nSPS) is 12.7. The minimum absolute atomic E-state index is 0.286. The van der Waals surface area contributed by atoms with Crippen LogP contribution in [0.5, 0.6) is 0 Å². The molecule has 0 radical (unpaired) electrons. The molecule has 1 aromatic heterocycles. The van der Waals surface area contributed by atoms with Gasteiger partial charge in [-0.05, 0) is 54.1 Å². The number of benzene rings is 1. The highest BCUT2D eigenvalue weighted by atomic mass is 32.1. The fraction of sp³-hybridized carbons (Fsp3) is 0.231. The van der Waals surface area contributed by atoms with Gasteiger partial charge in [-0.2, -0.15) is 0 Å². The van der Waals surface area contributed by atoms with Gasteiger partial charge in [0.2, 0.25) is 0 Å². The van der Waals surface area contributed by atoms with Crippen molar-refractivity contribution in [1.82, 2.24) is 0 Å². The van der Waals surface area contributed by atoms with E-state index in [9.17, 15) is 8.78 Å². The first-order valence-corrected chi connectivity index (χ1v) is 6.19. The standard InChI is InChI=1S/C13H13F2NS/c1-8-4-5-17-13(8)12(16)7-9-6-10(14)2-3-11(9)15/h2-6,12H,7,16H2,1H3. The van der Waals surface area contributed by atoms with Gasteiger partial charge in [0.15, 0.2) is 0 Å². The molecule has 2 N–H and O–H groups in total. The maximum atomic E-state index is 13.5. The molecule has 4 heteroatoms. The van der Waals surface area contributed by atoms with Gasteiger partial charge >= 0.3 is 0 Å². The third-order valence-corrected chi connectivity index (χ3v) is 3.84. The first-order chi connectivity index (χ1) is 8.08. The predicted molar refractivity (Wildman–Crippen MR) is 66.0 cm³/mol. The third-order valence-electron chi connectivity index (χ3n) is 2.69. The van der Waals surface area contributed by atoms with E-state index in [0.29, 0.717) is 12.0 Å². The number of rotatable bonds is 3. The van der Waals surface area contributed by atoms with Gasteiger partial charge in [0.1, 0.15) is 11.6 Å². The van der Waals surface area contributed by atoms with Gasteiger partial charge in [-0.1, -0.05) is 0 Å². The molecular weight excluding hydrogens is 240 g/mol. The third kappa shape index (κ3) is 2.70. The highest BCUT2D eigenvalue weighted by molar-refractivity contribution is 7.10. The van der Waals surface area contributed by atoms with Crippen molar-refractivity contribution in [3.63, 3.8) is 0 Å². The average Bonchev–Trinajstić information content (AvgIpc) is 2.70. The van der Waals surface area contributed by atoms with Gasteiger partial charge < -0.3 is 5.73 Å². The summed E-state index contributed by atoms with van der Waals surface area (Å²) in [5.74, 6) is -0.840. The molecule has 0 saturated heterocycles. The van der Waals surface area contributed by atoms with Crippen LogP contribution in [0.2, 0.25) is 0 Å². The van der Waals surface area contributed by atoms with Crippen LogP contribution >= 0.6 is 11.3 Å². The maximum absolute atomic E-state index is 13.5. The number of hydrogen-bond donors (Lipinski definition) is 1. The lowest BCUT2D eigenvalue weighted by Crippen LogP contribution is -2.13. The largest absolute Gasteiger partial charge is 0.323 e. The Morgan fingerprint density at radius 3 is 2.71 bits per heavy atom. The molecule has 0 spiro atoms. The Bertz CT molecular complexity index is 522. The van der Waals surface area contributed by atoms with E-state index in [1.54, 1.807) is 11.3 Å². The van der Waals surface area contributed by atoms with Crippen molar-refractivity contribution in [3.05, 3.63) is 57.3 Å². The minimum Gasteiger partial charge on any atom is -0.323 e. The van der Waals surface area contributed by atoms with Gasteiger partial charge in [0, 0.05) is 10.9 Å². The average molecular weight is 253 g/mol. The molecule has 1 heterocycles. The van der Waals surface area contributed by atoms with Crippen LogP contribution in [0, 0.1) is 18.6 Å². The van der Waals surface area contributed by atoms with Crippen LogP contribution < -0.4 is 5.73 Å². The van der Waals surface area contributed by atoms with E-state index in [0.717, 1.165) is 22.6 Å². The molecule has 0 bridgehead atoms. The zero-order valence-electron chi connectivity index (χ0n) is 9.41. The van der Waals surface area contributed by atoms with Gasteiger partial charge in [0.25, 0.3) is 0 Å². The first-order valence-electron chi connectivity index (χ1n) is 5.31. The molecule has 2 aromatic rings. The smallest absolute Gasteiger partial charge is 0.126 e. The Kier molecular flexibility index (Phi) is 3.54. The molecule has 0 amide bonds. The van der Waals surface area contributed by atoms with E-state index in [2.05, 4.69) is 0 Å². The van der Waals surface area contributed by atoms with Crippen LogP contribution in [-0.2, 0) is 6.42 Å². The van der Waals surface area contributed by atoms with Crippen LogP contribution in [0.4, 0.5) is 8.78 Å². The summed E-state index contributed by atoms with van der Waals surface area (Å²) in [5.41, 5.74) is 7.43. The van der Waals surface area contributed by atoms with Crippen LogP contribution in [0.3, 0.4) is 0 Å². The molecule has 0 saturated carbocycles. The summed E-state index contributed by atoms with van der Waals surface area (Å²) in [6, 6.07) is 5.14. The predicted octanol–water partition coefficient (Wildman–Crippen LogP) is 3.58. The van der Waals surface area contributed by atoms with Crippen molar-refractivity contribution in [2.75, 3.05) is 0 Å². The monoisotopic (exact) mass is 253 g/mol. The van der Waals surface area contributed by atoms with Crippen molar-refractivity contribution >= 4 is 11.3 Å². The lowest BCUT2D eigenvalue weighted by molar-refractivity contribution is 0.573. The fourth-order valence-electron chi connectivity index (χ4n) is 1.79. The number of halogens is 2. The van der Waals surface area contributed by atoms with Gasteiger partial charge in [-0.3, -0.25) is 0 Å². The summed E-state index contributed by atoms with van der Waals surface area (Å²) in [6.45, 7) is 1.97. The van der Waals surface area contributed by atoms with Crippen molar-refractivity contribution in [2.24, 2.45) is 5.73 Å². The summed E-state index contributed by atoms with van der Waals surface area (Å²) >= 11 is 1.55. The summed E-state index contributed by atoms with van der Waals surface area (Å²) < 4.78 is 26.5. The van der Waals surface area contributed by atoms with E-state index in [-0.39, 0.29) is 6.04 Å². The van der Waals surface area contributed by atoms with Crippen molar-refractivity contribution in [2.45, 2.75) is 19.4 Å². The van der Waals surface area contributed by atoms with Crippen molar-refractivity contribution in [1.29, 1.82) is 0 Å². The SMILES string of the molecule is Cc1ccsc1C(N)Cc1cc(F)ccc1F. The molecule has 1 atom stereocenters. The number of nitrogens with two attached hydrogens (primary N) is 1. The van der Waals surface area contributed by atoms with E-state index < -0.39 is 11.6 Å². The van der Waals surface area contributed by atoms with Crippen LogP contribution in [0.15, 0.2) is 29.6 Å². The molecule has 2 rings (SSSR count). The number of thiophene rings is 1. The van der Waals surface area contributed by atoms with E-state index in [1.165, 1.54) is 6.07 Å². The molecule has 0 fully saturated rings. The second kappa shape index (κ2) is 4.94. The molecule has 17 heavy (non-hydrogen) atoms. The van der Waals surface area contributed by atoms with Gasteiger partial charge in [-0.15, -0.1) is 11.3 Å². The quantitative estimate of drug-likeness (QED) is 0.889. The molecule has 90 valence electrons. The van der Waals surface area contributed by atoms with E-state index in [4.69, 9.17) is 5.73 Å². The molecule has 0 aliphatic rings.